The van der Waals surface area contributed by atoms with Crippen LogP contribution in [-0.4, -0.2) is 36.7 Å². The van der Waals surface area contributed by atoms with Gasteiger partial charge in [-0.1, -0.05) is 0 Å². The third-order valence-electron chi connectivity index (χ3n) is 4.06. The molecule has 0 saturated heterocycles. The number of ether oxygens (including phenoxy) is 1. The summed E-state index contributed by atoms with van der Waals surface area (Å²) < 4.78 is 6.87. The Morgan fingerprint density at radius 3 is 2.81 bits per heavy atom. The lowest BCUT2D eigenvalue weighted by Gasteiger charge is -2.30. The Hall–Kier alpha value is -1.46. The van der Waals surface area contributed by atoms with E-state index in [2.05, 4.69) is 10.3 Å². The molecule has 2 aliphatic rings. The third kappa shape index (κ3) is 3.24. The molecule has 0 spiro atoms. The summed E-state index contributed by atoms with van der Waals surface area (Å²) in [4.78, 5) is 4.65. The maximum Gasteiger partial charge on any atom is 0.124 e. The second-order valence-electron chi connectivity index (χ2n) is 5.58. The van der Waals surface area contributed by atoms with Gasteiger partial charge in [0.05, 0.1) is 31.1 Å². The zero-order valence-electron chi connectivity index (χ0n) is 12.1. The minimum Gasteiger partial charge on any atom is -0.497 e. The first-order chi connectivity index (χ1) is 10.2. The van der Waals surface area contributed by atoms with Crippen molar-refractivity contribution in [3.63, 3.8) is 0 Å². The number of benzene rings is 1. The van der Waals surface area contributed by atoms with Crippen LogP contribution >= 0.6 is 11.8 Å². The molecule has 3 rings (SSSR count). The number of amidine groups is 1. The molecule has 1 aliphatic carbocycles. The molecule has 0 amide bonds. The number of aliphatic hydroxyl groups excluding tert-OH is 1. The number of aliphatic imine (C=N–C) groups is 1. The van der Waals surface area contributed by atoms with E-state index in [9.17, 15) is 5.11 Å². The number of aliphatic hydroxyl groups is 1. The molecule has 1 fully saturated rings. The predicted octanol–water partition coefficient (Wildman–Crippen LogP) is 2.59. The third-order valence-corrected chi connectivity index (χ3v) is 4.36. The second kappa shape index (κ2) is 6.12. The first kappa shape index (κ1) is 14.5. The van der Waals surface area contributed by atoms with Gasteiger partial charge in [-0.3, -0.25) is 4.42 Å². The highest BCUT2D eigenvalue weighted by Gasteiger charge is 2.23. The van der Waals surface area contributed by atoms with E-state index >= 15 is 0 Å². The minimum absolute atomic E-state index is 0.144. The maximum atomic E-state index is 9.56. The SMILES string of the molecule is COc1ccc2c(c1)N(Cl)CC(N[C@H]1CC[C@H](O)CC1)=N2. The molecule has 0 atom stereocenters. The van der Waals surface area contributed by atoms with Crippen LogP contribution in [0, 0.1) is 0 Å². The highest BCUT2D eigenvalue weighted by atomic mass is 35.5. The van der Waals surface area contributed by atoms with Crippen LogP contribution in [0.1, 0.15) is 25.7 Å². The standard InChI is InChI=1S/C15H20ClN3O2/c1-21-12-6-7-13-14(8-12)19(16)9-15(18-13)17-10-2-4-11(20)5-3-10/h6-8,10-11,20H,2-5,9H2,1H3,(H,17,18)/t10-,11-. The fourth-order valence-electron chi connectivity index (χ4n) is 2.85. The Balaban J connectivity index is 1.73. The van der Waals surface area contributed by atoms with E-state index in [0.29, 0.717) is 12.6 Å². The predicted molar refractivity (Wildman–Crippen MR) is 84.7 cm³/mol. The molecule has 5 nitrogen and oxygen atoms in total. The average Bonchev–Trinajstić information content (AvgIpc) is 2.49. The van der Waals surface area contributed by atoms with Gasteiger partial charge in [-0.2, -0.15) is 0 Å². The number of anilines is 1. The van der Waals surface area contributed by atoms with Crippen molar-refractivity contribution in [2.75, 3.05) is 18.1 Å². The van der Waals surface area contributed by atoms with E-state index in [0.717, 1.165) is 48.6 Å². The molecular weight excluding hydrogens is 290 g/mol. The fourth-order valence-corrected chi connectivity index (χ4v) is 3.10. The molecule has 1 aliphatic heterocycles. The lowest BCUT2D eigenvalue weighted by molar-refractivity contribution is 0.120. The molecule has 1 aromatic rings. The second-order valence-corrected chi connectivity index (χ2v) is 5.99. The van der Waals surface area contributed by atoms with E-state index in [4.69, 9.17) is 16.5 Å². The summed E-state index contributed by atoms with van der Waals surface area (Å²) in [6.45, 7) is 0.542. The summed E-state index contributed by atoms with van der Waals surface area (Å²) in [6, 6.07) is 6.05. The van der Waals surface area contributed by atoms with Gasteiger partial charge in [-0.05, 0) is 37.8 Å². The van der Waals surface area contributed by atoms with Gasteiger partial charge in [0.15, 0.2) is 0 Å². The van der Waals surface area contributed by atoms with Gasteiger partial charge < -0.3 is 15.2 Å². The van der Waals surface area contributed by atoms with Gasteiger partial charge in [0.2, 0.25) is 0 Å². The van der Waals surface area contributed by atoms with Crippen molar-refractivity contribution in [2.45, 2.75) is 37.8 Å². The van der Waals surface area contributed by atoms with Crippen molar-refractivity contribution < 1.29 is 9.84 Å². The number of methoxy groups -OCH3 is 1. The van der Waals surface area contributed by atoms with E-state index in [1.807, 2.05) is 18.2 Å². The summed E-state index contributed by atoms with van der Waals surface area (Å²) in [5.74, 6) is 1.65. The maximum absolute atomic E-state index is 9.56. The molecule has 114 valence electrons. The molecule has 1 saturated carbocycles. The zero-order valence-corrected chi connectivity index (χ0v) is 12.8. The van der Waals surface area contributed by atoms with Gasteiger partial charge in [0.1, 0.15) is 11.6 Å². The van der Waals surface area contributed by atoms with Crippen LogP contribution < -0.4 is 14.5 Å². The lowest BCUT2D eigenvalue weighted by Crippen LogP contribution is -2.43. The Morgan fingerprint density at radius 1 is 1.33 bits per heavy atom. The van der Waals surface area contributed by atoms with Crippen LogP contribution in [0.2, 0.25) is 0 Å². The molecular formula is C15H20ClN3O2. The van der Waals surface area contributed by atoms with Gasteiger partial charge in [-0.25, -0.2) is 4.99 Å². The summed E-state index contributed by atoms with van der Waals surface area (Å²) in [5.41, 5.74) is 1.70. The summed E-state index contributed by atoms with van der Waals surface area (Å²) >= 11 is 6.33. The molecule has 6 heteroatoms. The van der Waals surface area contributed by atoms with Crippen molar-refractivity contribution in [1.29, 1.82) is 0 Å². The smallest absolute Gasteiger partial charge is 0.124 e. The minimum atomic E-state index is -0.144. The highest BCUT2D eigenvalue weighted by Crippen LogP contribution is 2.36. The van der Waals surface area contributed by atoms with Crippen LogP contribution in [0.3, 0.4) is 0 Å². The van der Waals surface area contributed by atoms with Crippen molar-refractivity contribution in [3.05, 3.63) is 18.2 Å². The molecule has 1 aromatic carbocycles. The van der Waals surface area contributed by atoms with Crippen molar-refractivity contribution >= 4 is 29.0 Å². The average molecular weight is 310 g/mol. The summed E-state index contributed by atoms with van der Waals surface area (Å²) in [6.07, 6.45) is 3.50. The number of halogens is 1. The quantitative estimate of drug-likeness (QED) is 0.825. The van der Waals surface area contributed by atoms with Crippen molar-refractivity contribution in [1.82, 2.24) is 5.32 Å². The number of fused-ring (bicyclic) bond motifs is 1. The number of hydrogen-bond donors (Lipinski definition) is 2. The summed E-state index contributed by atoms with van der Waals surface area (Å²) in [5, 5.41) is 13.0. The molecule has 2 N–H and O–H groups in total. The number of nitrogens with zero attached hydrogens (tertiary/aromatic N) is 2. The topological polar surface area (TPSA) is 57.1 Å². The summed E-state index contributed by atoms with van der Waals surface area (Å²) in [7, 11) is 1.64. The first-order valence-corrected chi connectivity index (χ1v) is 7.63. The van der Waals surface area contributed by atoms with Crippen LogP contribution in [0.4, 0.5) is 11.4 Å². The monoisotopic (exact) mass is 309 g/mol. The normalized spacial score (nSPS) is 25.1. The largest absolute Gasteiger partial charge is 0.497 e. The highest BCUT2D eigenvalue weighted by molar-refractivity contribution is 6.28. The van der Waals surface area contributed by atoms with E-state index < -0.39 is 0 Å². The van der Waals surface area contributed by atoms with Gasteiger partial charge in [-0.15, -0.1) is 0 Å². The van der Waals surface area contributed by atoms with Gasteiger partial charge in [0.25, 0.3) is 0 Å². The van der Waals surface area contributed by atoms with E-state index in [-0.39, 0.29) is 6.10 Å². The number of rotatable bonds is 2. The van der Waals surface area contributed by atoms with Crippen molar-refractivity contribution in [3.8, 4) is 5.75 Å². The van der Waals surface area contributed by atoms with Gasteiger partial charge >= 0.3 is 0 Å². The van der Waals surface area contributed by atoms with Gasteiger partial charge in [0, 0.05) is 23.9 Å². The lowest BCUT2D eigenvalue weighted by atomic mass is 9.93. The Labute approximate surface area is 129 Å². The molecule has 0 bridgehead atoms. The van der Waals surface area contributed by atoms with Crippen LogP contribution in [0.15, 0.2) is 23.2 Å². The molecule has 0 radical (unpaired) electrons. The molecule has 21 heavy (non-hydrogen) atoms. The molecule has 0 aromatic heterocycles. The Morgan fingerprint density at radius 2 is 2.10 bits per heavy atom. The van der Waals surface area contributed by atoms with Crippen LogP contribution in [0.5, 0.6) is 5.75 Å². The first-order valence-electron chi connectivity index (χ1n) is 7.29. The molecule has 1 heterocycles. The van der Waals surface area contributed by atoms with Crippen LogP contribution in [0.25, 0.3) is 0 Å². The number of nitrogens with one attached hydrogen (secondary N) is 1. The molecule has 0 unspecified atom stereocenters. The zero-order chi connectivity index (χ0) is 14.8. The number of hydrogen-bond acceptors (Lipinski definition) is 5. The fraction of sp³-hybridized carbons (Fsp3) is 0.533. The van der Waals surface area contributed by atoms with E-state index in [1.54, 1.807) is 11.5 Å². The van der Waals surface area contributed by atoms with E-state index in [1.165, 1.54) is 0 Å². The Kier molecular flexibility index (Phi) is 4.22. The van der Waals surface area contributed by atoms with Crippen molar-refractivity contribution in [2.24, 2.45) is 4.99 Å². The Bertz CT molecular complexity index is 542. The van der Waals surface area contributed by atoms with Crippen LogP contribution in [-0.2, 0) is 0 Å².